The van der Waals surface area contributed by atoms with Crippen LogP contribution in [0.5, 0.6) is 0 Å². The van der Waals surface area contributed by atoms with E-state index in [1.807, 2.05) is 13.8 Å². The number of hydrogen-bond donors (Lipinski definition) is 1. The number of likely N-dealkylation sites (tertiary alicyclic amines) is 1. The van der Waals surface area contributed by atoms with Crippen LogP contribution in [0.1, 0.15) is 39.5 Å². The summed E-state index contributed by atoms with van der Waals surface area (Å²) in [5.41, 5.74) is 0. The minimum atomic E-state index is -0.889. The summed E-state index contributed by atoms with van der Waals surface area (Å²) in [6, 6.07) is -0.645. The van der Waals surface area contributed by atoms with Gasteiger partial charge in [-0.1, -0.05) is 6.92 Å². The SMILES string of the molecule is CCOCCCC(=O)N1CCC(C)CC1C(=O)O. The van der Waals surface area contributed by atoms with Crippen LogP contribution in [-0.4, -0.2) is 47.7 Å². The smallest absolute Gasteiger partial charge is 0.326 e. The molecule has 0 spiro atoms. The number of carboxylic acid groups (broad SMARTS) is 1. The number of rotatable bonds is 6. The first-order valence-corrected chi connectivity index (χ1v) is 6.66. The molecular formula is C13H23NO4. The van der Waals surface area contributed by atoms with E-state index in [9.17, 15) is 9.59 Å². The Hall–Kier alpha value is -1.10. The van der Waals surface area contributed by atoms with Crippen LogP contribution in [0.3, 0.4) is 0 Å². The number of carboxylic acids is 1. The van der Waals surface area contributed by atoms with Gasteiger partial charge in [-0.05, 0) is 32.1 Å². The molecule has 1 heterocycles. The predicted octanol–water partition coefficient (Wildman–Crippen LogP) is 1.51. The van der Waals surface area contributed by atoms with Gasteiger partial charge in [-0.3, -0.25) is 4.79 Å². The van der Waals surface area contributed by atoms with Crippen molar-refractivity contribution in [3.63, 3.8) is 0 Å². The van der Waals surface area contributed by atoms with Crippen molar-refractivity contribution < 1.29 is 19.4 Å². The Bertz CT molecular complexity index is 293. The number of ether oxygens (including phenoxy) is 1. The number of carbonyl (C=O) groups excluding carboxylic acids is 1. The van der Waals surface area contributed by atoms with Crippen LogP contribution in [0.15, 0.2) is 0 Å². The van der Waals surface area contributed by atoms with Gasteiger partial charge < -0.3 is 14.7 Å². The summed E-state index contributed by atoms with van der Waals surface area (Å²) in [4.78, 5) is 24.7. The van der Waals surface area contributed by atoms with Crippen LogP contribution in [0.4, 0.5) is 0 Å². The number of piperidine rings is 1. The van der Waals surface area contributed by atoms with Gasteiger partial charge in [0.05, 0.1) is 0 Å². The highest BCUT2D eigenvalue weighted by Crippen LogP contribution is 2.23. The number of hydrogen-bond acceptors (Lipinski definition) is 3. The Morgan fingerprint density at radius 3 is 2.78 bits per heavy atom. The largest absolute Gasteiger partial charge is 0.480 e. The third-order valence-corrected chi connectivity index (χ3v) is 3.35. The van der Waals surface area contributed by atoms with Crippen molar-refractivity contribution in [1.82, 2.24) is 4.90 Å². The highest BCUT2D eigenvalue weighted by molar-refractivity contribution is 5.83. The van der Waals surface area contributed by atoms with Crippen molar-refractivity contribution in [2.75, 3.05) is 19.8 Å². The van der Waals surface area contributed by atoms with Crippen LogP contribution in [-0.2, 0) is 14.3 Å². The fourth-order valence-electron chi connectivity index (χ4n) is 2.29. The number of aliphatic carboxylic acids is 1. The van der Waals surface area contributed by atoms with E-state index in [0.717, 1.165) is 6.42 Å². The van der Waals surface area contributed by atoms with Gasteiger partial charge in [0.15, 0.2) is 0 Å². The van der Waals surface area contributed by atoms with Gasteiger partial charge in [-0.15, -0.1) is 0 Å². The summed E-state index contributed by atoms with van der Waals surface area (Å²) >= 11 is 0. The van der Waals surface area contributed by atoms with Crippen molar-refractivity contribution in [1.29, 1.82) is 0 Å². The second kappa shape index (κ2) is 7.36. The highest BCUT2D eigenvalue weighted by atomic mass is 16.5. The van der Waals surface area contributed by atoms with Crippen LogP contribution in [0.2, 0.25) is 0 Å². The molecule has 0 saturated carbocycles. The normalized spacial score (nSPS) is 24.0. The monoisotopic (exact) mass is 257 g/mol. The molecule has 5 nitrogen and oxygen atoms in total. The lowest BCUT2D eigenvalue weighted by atomic mass is 9.92. The number of nitrogens with zero attached hydrogens (tertiary/aromatic N) is 1. The lowest BCUT2D eigenvalue weighted by molar-refractivity contribution is -0.153. The zero-order chi connectivity index (χ0) is 13.5. The average Bonchev–Trinajstić information content (AvgIpc) is 2.34. The Labute approximate surface area is 108 Å². The quantitative estimate of drug-likeness (QED) is 0.732. The van der Waals surface area contributed by atoms with E-state index in [-0.39, 0.29) is 5.91 Å². The third kappa shape index (κ3) is 4.29. The predicted molar refractivity (Wildman–Crippen MR) is 67.3 cm³/mol. The Kier molecular flexibility index (Phi) is 6.12. The van der Waals surface area contributed by atoms with Gasteiger partial charge in [-0.2, -0.15) is 0 Å². The van der Waals surface area contributed by atoms with E-state index >= 15 is 0 Å². The van der Waals surface area contributed by atoms with Crippen molar-refractivity contribution in [2.24, 2.45) is 5.92 Å². The van der Waals surface area contributed by atoms with Gasteiger partial charge in [0.1, 0.15) is 6.04 Å². The molecule has 1 rings (SSSR count). The molecule has 1 saturated heterocycles. The van der Waals surface area contributed by atoms with Gasteiger partial charge in [0, 0.05) is 26.2 Å². The molecule has 5 heteroatoms. The average molecular weight is 257 g/mol. The number of amides is 1. The van der Waals surface area contributed by atoms with E-state index in [0.29, 0.717) is 44.9 Å². The van der Waals surface area contributed by atoms with Crippen LogP contribution >= 0.6 is 0 Å². The topological polar surface area (TPSA) is 66.8 Å². The lowest BCUT2D eigenvalue weighted by Gasteiger charge is -2.36. The van der Waals surface area contributed by atoms with Crippen molar-refractivity contribution in [3.8, 4) is 0 Å². The van der Waals surface area contributed by atoms with Crippen LogP contribution in [0.25, 0.3) is 0 Å². The maximum Gasteiger partial charge on any atom is 0.326 e. The van der Waals surface area contributed by atoms with E-state index < -0.39 is 12.0 Å². The fourth-order valence-corrected chi connectivity index (χ4v) is 2.29. The van der Waals surface area contributed by atoms with E-state index in [1.54, 1.807) is 0 Å². The van der Waals surface area contributed by atoms with Crippen molar-refractivity contribution in [2.45, 2.75) is 45.6 Å². The molecule has 1 fully saturated rings. The van der Waals surface area contributed by atoms with Crippen LogP contribution in [0, 0.1) is 5.92 Å². The molecule has 1 aliphatic heterocycles. The first kappa shape index (κ1) is 15.0. The molecule has 2 atom stereocenters. The molecule has 0 aromatic heterocycles. The van der Waals surface area contributed by atoms with E-state index in [4.69, 9.17) is 9.84 Å². The third-order valence-electron chi connectivity index (χ3n) is 3.35. The molecule has 0 radical (unpaired) electrons. The fraction of sp³-hybridized carbons (Fsp3) is 0.846. The van der Waals surface area contributed by atoms with Gasteiger partial charge in [-0.25, -0.2) is 4.79 Å². The molecule has 0 aliphatic carbocycles. The summed E-state index contributed by atoms with van der Waals surface area (Å²) in [5, 5.41) is 9.17. The Balaban J connectivity index is 2.46. The van der Waals surface area contributed by atoms with E-state index in [2.05, 4.69) is 0 Å². The molecular weight excluding hydrogens is 234 g/mol. The van der Waals surface area contributed by atoms with Crippen molar-refractivity contribution in [3.05, 3.63) is 0 Å². The maximum absolute atomic E-state index is 12.0. The lowest BCUT2D eigenvalue weighted by Crippen LogP contribution is -2.49. The first-order chi connectivity index (χ1) is 8.56. The summed E-state index contributed by atoms with van der Waals surface area (Å²) < 4.78 is 5.18. The second-order valence-corrected chi connectivity index (χ2v) is 4.87. The molecule has 1 amide bonds. The van der Waals surface area contributed by atoms with E-state index in [1.165, 1.54) is 4.90 Å². The molecule has 18 heavy (non-hydrogen) atoms. The minimum Gasteiger partial charge on any atom is -0.480 e. The summed E-state index contributed by atoms with van der Waals surface area (Å²) in [7, 11) is 0. The van der Waals surface area contributed by atoms with Gasteiger partial charge in [0.2, 0.25) is 5.91 Å². The molecule has 2 unspecified atom stereocenters. The van der Waals surface area contributed by atoms with Crippen LogP contribution < -0.4 is 0 Å². The standard InChI is InChI=1S/C13H23NO4/c1-3-18-8-4-5-12(15)14-7-6-10(2)9-11(14)13(16)17/h10-11H,3-9H2,1-2H3,(H,16,17). The zero-order valence-corrected chi connectivity index (χ0v) is 11.2. The summed E-state index contributed by atoms with van der Waals surface area (Å²) in [6.07, 6.45) is 2.48. The van der Waals surface area contributed by atoms with Gasteiger partial charge in [0.25, 0.3) is 0 Å². The Morgan fingerprint density at radius 2 is 2.17 bits per heavy atom. The number of carbonyl (C=O) groups is 2. The first-order valence-electron chi connectivity index (χ1n) is 6.66. The molecule has 0 bridgehead atoms. The maximum atomic E-state index is 12.0. The van der Waals surface area contributed by atoms with Crippen molar-refractivity contribution >= 4 is 11.9 Å². The van der Waals surface area contributed by atoms with Gasteiger partial charge >= 0.3 is 5.97 Å². The Morgan fingerprint density at radius 1 is 1.44 bits per heavy atom. The molecule has 0 aromatic rings. The molecule has 1 N–H and O–H groups in total. The summed E-state index contributed by atoms with van der Waals surface area (Å²) in [6.45, 7) is 5.71. The zero-order valence-electron chi connectivity index (χ0n) is 11.2. The molecule has 1 aliphatic rings. The minimum absolute atomic E-state index is 0.0611. The summed E-state index contributed by atoms with van der Waals surface area (Å²) in [5.74, 6) is -0.577. The second-order valence-electron chi connectivity index (χ2n) is 4.87. The molecule has 104 valence electrons. The molecule has 0 aromatic carbocycles. The highest BCUT2D eigenvalue weighted by Gasteiger charge is 2.34.